The third-order valence-electron chi connectivity index (χ3n) is 3.05. The summed E-state index contributed by atoms with van der Waals surface area (Å²) in [6, 6.07) is 6.68. The van der Waals surface area contributed by atoms with Crippen molar-refractivity contribution in [3.8, 4) is 0 Å². The molecule has 1 fully saturated rings. The minimum absolute atomic E-state index is 0.175. The van der Waals surface area contributed by atoms with Crippen molar-refractivity contribution < 1.29 is 5.11 Å². The summed E-state index contributed by atoms with van der Waals surface area (Å²) < 4.78 is 0. The summed E-state index contributed by atoms with van der Waals surface area (Å²) in [5, 5.41) is 13.1. The number of hydrogen-bond donors (Lipinski definition) is 2. The summed E-state index contributed by atoms with van der Waals surface area (Å²) in [6.07, 6.45) is 2.96. The summed E-state index contributed by atoms with van der Waals surface area (Å²) in [5.41, 5.74) is 3.67. The third-order valence-corrected chi connectivity index (χ3v) is 3.05. The molecule has 0 unspecified atom stereocenters. The van der Waals surface area contributed by atoms with Crippen LogP contribution in [0.1, 0.15) is 30.4 Å². The molecule has 1 saturated carbocycles. The summed E-state index contributed by atoms with van der Waals surface area (Å²) in [7, 11) is 0. The van der Waals surface area contributed by atoms with E-state index in [1.165, 1.54) is 11.1 Å². The highest BCUT2D eigenvalue weighted by Gasteiger charge is 2.24. The van der Waals surface area contributed by atoms with E-state index in [0.717, 1.165) is 24.9 Å². The van der Waals surface area contributed by atoms with Crippen molar-refractivity contribution in [1.29, 1.82) is 0 Å². The first-order valence-electron chi connectivity index (χ1n) is 5.68. The Balaban J connectivity index is 2.10. The summed E-state index contributed by atoms with van der Waals surface area (Å²) in [6.45, 7) is 4.20. The van der Waals surface area contributed by atoms with Crippen LogP contribution in [0.3, 0.4) is 0 Å². The molecule has 1 aromatic rings. The van der Waals surface area contributed by atoms with Crippen molar-refractivity contribution in [2.45, 2.75) is 45.3 Å². The van der Waals surface area contributed by atoms with Crippen LogP contribution in [-0.2, 0) is 0 Å². The molecule has 1 aromatic carbocycles. The van der Waals surface area contributed by atoms with E-state index in [2.05, 4.69) is 37.4 Å². The number of rotatable bonds is 2. The molecule has 2 nitrogen and oxygen atoms in total. The quantitative estimate of drug-likeness (QED) is 0.778. The van der Waals surface area contributed by atoms with E-state index in [4.69, 9.17) is 0 Å². The molecule has 0 bridgehead atoms. The van der Waals surface area contributed by atoms with E-state index >= 15 is 0 Å². The Kier molecular flexibility index (Phi) is 2.96. The molecule has 0 radical (unpaired) electrons. The largest absolute Gasteiger partial charge is 0.391 e. The van der Waals surface area contributed by atoms with E-state index in [9.17, 15) is 5.11 Å². The number of hydrogen-bond acceptors (Lipinski definition) is 2. The van der Waals surface area contributed by atoms with E-state index in [1.807, 2.05) is 0 Å². The van der Waals surface area contributed by atoms with Gasteiger partial charge in [-0.05, 0) is 56.4 Å². The van der Waals surface area contributed by atoms with Crippen LogP contribution in [0.5, 0.6) is 0 Å². The van der Waals surface area contributed by atoms with Crippen LogP contribution in [0.25, 0.3) is 0 Å². The van der Waals surface area contributed by atoms with Gasteiger partial charge in [-0.15, -0.1) is 0 Å². The second kappa shape index (κ2) is 4.23. The lowest BCUT2D eigenvalue weighted by Gasteiger charge is -2.18. The van der Waals surface area contributed by atoms with Crippen LogP contribution in [0.2, 0.25) is 0 Å². The standard InChI is InChI=1S/C13H19NO/c1-9-6-10(2)8-11(7-9)14-12-4-3-5-13(12)15/h6-8,12-15H,3-5H2,1-2H3/t12-,13-/m0/s1. The lowest BCUT2D eigenvalue weighted by atomic mass is 10.1. The second-order valence-corrected chi connectivity index (χ2v) is 4.63. The maximum absolute atomic E-state index is 9.73. The molecule has 1 aliphatic rings. The fourth-order valence-corrected chi connectivity index (χ4v) is 2.38. The van der Waals surface area contributed by atoms with Crippen LogP contribution in [0, 0.1) is 13.8 Å². The van der Waals surface area contributed by atoms with Gasteiger partial charge in [0.1, 0.15) is 0 Å². The SMILES string of the molecule is Cc1cc(C)cc(N[C@H]2CCC[C@@H]2O)c1. The molecule has 0 amide bonds. The second-order valence-electron chi connectivity index (χ2n) is 4.63. The highest BCUT2D eigenvalue weighted by molar-refractivity contribution is 5.49. The number of aryl methyl sites for hydroxylation is 2. The molecule has 2 N–H and O–H groups in total. The zero-order chi connectivity index (χ0) is 10.8. The Morgan fingerprint density at radius 3 is 2.33 bits per heavy atom. The average Bonchev–Trinajstić information content (AvgIpc) is 2.50. The predicted octanol–water partition coefficient (Wildman–Crippen LogP) is 2.63. The molecule has 2 heteroatoms. The molecule has 0 spiro atoms. The topological polar surface area (TPSA) is 32.3 Å². The van der Waals surface area contributed by atoms with Crippen LogP contribution >= 0.6 is 0 Å². The Labute approximate surface area is 91.3 Å². The first-order valence-corrected chi connectivity index (χ1v) is 5.68. The number of benzene rings is 1. The van der Waals surface area contributed by atoms with Crippen LogP contribution in [0.15, 0.2) is 18.2 Å². The van der Waals surface area contributed by atoms with Gasteiger partial charge in [-0.25, -0.2) is 0 Å². The summed E-state index contributed by atoms with van der Waals surface area (Å²) >= 11 is 0. The maximum atomic E-state index is 9.73. The van der Waals surface area contributed by atoms with Gasteiger partial charge >= 0.3 is 0 Å². The van der Waals surface area contributed by atoms with Gasteiger partial charge in [0.2, 0.25) is 0 Å². The first-order chi connectivity index (χ1) is 7.15. The molecule has 2 atom stereocenters. The van der Waals surface area contributed by atoms with Crippen molar-refractivity contribution in [3.05, 3.63) is 29.3 Å². The lowest BCUT2D eigenvalue weighted by molar-refractivity contribution is 0.172. The van der Waals surface area contributed by atoms with Gasteiger partial charge < -0.3 is 10.4 Å². The number of aliphatic hydroxyl groups excluding tert-OH is 1. The highest BCUT2D eigenvalue weighted by Crippen LogP contribution is 2.24. The van der Waals surface area contributed by atoms with E-state index in [-0.39, 0.29) is 12.1 Å². The molecule has 0 aliphatic heterocycles. The smallest absolute Gasteiger partial charge is 0.0741 e. The molecular weight excluding hydrogens is 186 g/mol. The molecular formula is C13H19NO. The Morgan fingerprint density at radius 1 is 1.13 bits per heavy atom. The molecule has 2 rings (SSSR count). The molecule has 15 heavy (non-hydrogen) atoms. The van der Waals surface area contributed by atoms with Gasteiger partial charge in [0, 0.05) is 5.69 Å². The van der Waals surface area contributed by atoms with Crippen molar-refractivity contribution in [1.82, 2.24) is 0 Å². The van der Waals surface area contributed by atoms with Crippen LogP contribution in [-0.4, -0.2) is 17.3 Å². The van der Waals surface area contributed by atoms with Crippen LogP contribution < -0.4 is 5.32 Å². The minimum Gasteiger partial charge on any atom is -0.391 e. The van der Waals surface area contributed by atoms with E-state index < -0.39 is 0 Å². The molecule has 0 saturated heterocycles. The van der Waals surface area contributed by atoms with Crippen molar-refractivity contribution in [2.24, 2.45) is 0 Å². The van der Waals surface area contributed by atoms with Crippen molar-refractivity contribution in [3.63, 3.8) is 0 Å². The van der Waals surface area contributed by atoms with Gasteiger partial charge in [-0.2, -0.15) is 0 Å². The fourth-order valence-electron chi connectivity index (χ4n) is 2.38. The summed E-state index contributed by atoms with van der Waals surface area (Å²) in [4.78, 5) is 0. The van der Waals surface area contributed by atoms with Gasteiger partial charge in [-0.1, -0.05) is 6.07 Å². The Hall–Kier alpha value is -1.02. The zero-order valence-corrected chi connectivity index (χ0v) is 9.46. The van der Waals surface area contributed by atoms with Gasteiger partial charge in [0.05, 0.1) is 12.1 Å². The predicted molar refractivity (Wildman–Crippen MR) is 63.2 cm³/mol. The van der Waals surface area contributed by atoms with Gasteiger partial charge in [-0.3, -0.25) is 0 Å². The van der Waals surface area contributed by atoms with Crippen LogP contribution in [0.4, 0.5) is 5.69 Å². The van der Waals surface area contributed by atoms with Gasteiger partial charge in [0.15, 0.2) is 0 Å². The summed E-state index contributed by atoms with van der Waals surface area (Å²) in [5.74, 6) is 0. The van der Waals surface area contributed by atoms with Gasteiger partial charge in [0.25, 0.3) is 0 Å². The molecule has 0 aromatic heterocycles. The Bertz CT molecular complexity index is 328. The van der Waals surface area contributed by atoms with Crippen molar-refractivity contribution >= 4 is 5.69 Å². The van der Waals surface area contributed by atoms with E-state index in [0.29, 0.717) is 0 Å². The van der Waals surface area contributed by atoms with Crippen molar-refractivity contribution in [2.75, 3.05) is 5.32 Å². The number of nitrogens with one attached hydrogen (secondary N) is 1. The Morgan fingerprint density at radius 2 is 1.80 bits per heavy atom. The fraction of sp³-hybridized carbons (Fsp3) is 0.538. The number of anilines is 1. The van der Waals surface area contributed by atoms with E-state index in [1.54, 1.807) is 0 Å². The first kappa shape index (κ1) is 10.5. The zero-order valence-electron chi connectivity index (χ0n) is 9.46. The monoisotopic (exact) mass is 205 g/mol. The minimum atomic E-state index is -0.175. The average molecular weight is 205 g/mol. The lowest BCUT2D eigenvalue weighted by Crippen LogP contribution is -2.27. The highest BCUT2D eigenvalue weighted by atomic mass is 16.3. The third kappa shape index (κ3) is 2.51. The number of aliphatic hydroxyl groups is 1. The molecule has 0 heterocycles. The normalized spacial score (nSPS) is 25.5. The molecule has 82 valence electrons. The molecule has 1 aliphatic carbocycles. The maximum Gasteiger partial charge on any atom is 0.0741 e.